The third-order valence-corrected chi connectivity index (χ3v) is 10.9. The Kier molecular flexibility index (Phi) is 12.0. The first kappa shape index (κ1) is 41.8. The Balaban J connectivity index is 0.000000164. The van der Waals surface area contributed by atoms with E-state index < -0.39 is 11.6 Å². The molecule has 8 aromatic rings. The van der Waals surface area contributed by atoms with Crippen LogP contribution in [0, 0.1) is 25.5 Å². The number of aryl methyl sites for hydroxylation is 2. The second-order valence-electron chi connectivity index (χ2n) is 14.9. The number of halogens is 3. The molecular weight excluding hydrogens is 840 g/mol. The lowest BCUT2D eigenvalue weighted by Crippen LogP contribution is -2.28. The van der Waals surface area contributed by atoms with Crippen molar-refractivity contribution in [2.75, 3.05) is 59.7 Å². The van der Waals surface area contributed by atoms with Crippen molar-refractivity contribution in [3.05, 3.63) is 96.3 Å². The minimum Gasteiger partial charge on any atom is -0.493 e. The number of fused-ring (bicyclic) bond motifs is 5. The highest BCUT2D eigenvalue weighted by atomic mass is 35.5. The smallest absolute Gasteiger partial charge is 0.230 e. The van der Waals surface area contributed by atoms with Crippen LogP contribution >= 0.6 is 11.6 Å². The van der Waals surface area contributed by atoms with Gasteiger partial charge in [-0.3, -0.25) is 4.90 Å². The summed E-state index contributed by atoms with van der Waals surface area (Å²) in [6, 6.07) is 17.1. The van der Waals surface area contributed by atoms with Gasteiger partial charge in [-0.15, -0.1) is 11.6 Å². The van der Waals surface area contributed by atoms with E-state index in [-0.39, 0.29) is 35.5 Å². The van der Waals surface area contributed by atoms with Crippen LogP contribution in [0.4, 0.5) is 8.78 Å². The highest BCUT2D eigenvalue weighted by molar-refractivity contribution is 6.18. The van der Waals surface area contributed by atoms with E-state index in [0.717, 1.165) is 31.0 Å². The quantitative estimate of drug-likeness (QED) is 0.106. The van der Waals surface area contributed by atoms with Crippen molar-refractivity contribution in [1.82, 2.24) is 34.8 Å². The zero-order valence-electron chi connectivity index (χ0n) is 34.7. The fraction of sp³-hybridized carbons (Fsp3) is 0.289. The molecule has 0 saturated carbocycles. The highest BCUT2D eigenvalue weighted by Crippen LogP contribution is 2.39. The van der Waals surface area contributed by atoms with Gasteiger partial charge in [0.2, 0.25) is 11.8 Å². The highest BCUT2D eigenvalue weighted by Gasteiger charge is 2.38. The van der Waals surface area contributed by atoms with E-state index in [4.69, 9.17) is 49.5 Å². The van der Waals surface area contributed by atoms with Gasteiger partial charge in [-0.2, -0.15) is 0 Å². The van der Waals surface area contributed by atoms with Crippen molar-refractivity contribution in [2.45, 2.75) is 26.1 Å². The van der Waals surface area contributed by atoms with Gasteiger partial charge >= 0.3 is 0 Å². The van der Waals surface area contributed by atoms with Crippen LogP contribution in [-0.4, -0.2) is 107 Å². The molecule has 2 saturated heterocycles. The Hall–Kier alpha value is -6.53. The number of aromatic nitrogens is 6. The molecule has 2 N–H and O–H groups in total. The van der Waals surface area contributed by atoms with Gasteiger partial charge in [-0.25, -0.2) is 28.7 Å². The topological polar surface area (TPSA) is 160 Å². The number of hydrogen-bond acceptors (Lipinski definition) is 13. The summed E-state index contributed by atoms with van der Waals surface area (Å²) in [4.78, 5) is 25.5. The van der Waals surface area contributed by atoms with Crippen molar-refractivity contribution in [1.29, 1.82) is 0 Å². The second-order valence-corrected chi connectivity index (χ2v) is 15.2. The summed E-state index contributed by atoms with van der Waals surface area (Å²) in [6.45, 7) is 7.34. The van der Waals surface area contributed by atoms with Crippen LogP contribution in [0.2, 0.25) is 0 Å². The number of hydrogen-bond donors (Lipinski definition) is 2. The van der Waals surface area contributed by atoms with Crippen molar-refractivity contribution in [3.63, 3.8) is 0 Å². The maximum absolute atomic E-state index is 15.1. The van der Waals surface area contributed by atoms with Crippen LogP contribution < -0.4 is 28.4 Å². The lowest BCUT2D eigenvalue weighted by molar-refractivity contribution is 0.0140. The Bertz CT molecular complexity index is 2940. The molecule has 2 atom stereocenters. The fourth-order valence-electron chi connectivity index (χ4n) is 7.70. The first-order valence-electron chi connectivity index (χ1n) is 20.0. The number of nitrogens with one attached hydrogen (secondary N) is 2. The minimum absolute atomic E-state index is 0.0768. The molecule has 0 aliphatic carbocycles. The van der Waals surface area contributed by atoms with Gasteiger partial charge in [0.15, 0.2) is 46.1 Å². The molecule has 2 aliphatic heterocycles. The molecule has 10 rings (SSSR count). The maximum atomic E-state index is 15.1. The number of likely N-dealkylation sites (tertiary alicyclic amines) is 1. The summed E-state index contributed by atoms with van der Waals surface area (Å²) in [7, 11) is 3.09. The normalized spacial score (nSPS) is 16.0. The number of aromatic amines is 2. The summed E-state index contributed by atoms with van der Waals surface area (Å²) in [6.07, 6.45) is 3.03. The molecule has 18 heteroatoms. The van der Waals surface area contributed by atoms with Crippen LogP contribution in [-0.2, 0) is 9.47 Å². The van der Waals surface area contributed by atoms with Gasteiger partial charge < -0.3 is 47.9 Å². The van der Waals surface area contributed by atoms with Gasteiger partial charge in [0.25, 0.3) is 0 Å². The molecule has 2 unspecified atom stereocenters. The Morgan fingerprint density at radius 3 is 1.60 bits per heavy atom. The minimum atomic E-state index is -0.456. The van der Waals surface area contributed by atoms with Gasteiger partial charge in [-0.1, -0.05) is 0 Å². The molecule has 2 aliphatic rings. The number of nitrogens with zero attached hydrogens (tertiary/aromatic N) is 5. The van der Waals surface area contributed by atoms with E-state index in [2.05, 4.69) is 34.8 Å². The predicted octanol–water partition coefficient (Wildman–Crippen LogP) is 8.77. The summed E-state index contributed by atoms with van der Waals surface area (Å²) >= 11 is 5.69. The largest absolute Gasteiger partial charge is 0.493 e. The van der Waals surface area contributed by atoms with Crippen molar-refractivity contribution < 1.29 is 46.7 Å². The number of methoxy groups -OCH3 is 2. The Morgan fingerprint density at radius 1 is 0.635 bits per heavy atom. The van der Waals surface area contributed by atoms with E-state index in [1.165, 1.54) is 19.8 Å². The van der Waals surface area contributed by atoms with Crippen LogP contribution in [0.25, 0.3) is 43.6 Å². The maximum Gasteiger partial charge on any atom is 0.230 e. The molecule has 326 valence electrons. The molecular formula is C45H42ClF2N7O8. The van der Waals surface area contributed by atoms with E-state index in [9.17, 15) is 4.39 Å². The predicted molar refractivity (Wildman–Crippen MR) is 231 cm³/mol. The zero-order valence-corrected chi connectivity index (χ0v) is 35.4. The van der Waals surface area contributed by atoms with Crippen LogP contribution in [0.1, 0.15) is 11.4 Å². The molecule has 0 spiro atoms. The van der Waals surface area contributed by atoms with Crippen LogP contribution in [0.15, 0.2) is 73.3 Å². The summed E-state index contributed by atoms with van der Waals surface area (Å²) < 4.78 is 75.3. The zero-order chi connectivity index (χ0) is 43.6. The second kappa shape index (κ2) is 18.1. The number of H-pyrrole nitrogens is 2. The monoisotopic (exact) mass is 881 g/mol. The van der Waals surface area contributed by atoms with Crippen LogP contribution in [0.3, 0.4) is 0 Å². The lowest BCUT2D eigenvalue weighted by Gasteiger charge is -2.18. The molecule has 0 bridgehead atoms. The molecule has 63 heavy (non-hydrogen) atoms. The van der Waals surface area contributed by atoms with E-state index in [1.54, 1.807) is 67.8 Å². The summed E-state index contributed by atoms with van der Waals surface area (Å²) in [5.41, 5.74) is 4.33. The molecule has 0 amide bonds. The van der Waals surface area contributed by atoms with Gasteiger partial charge in [0, 0.05) is 65.0 Å². The molecule has 6 heterocycles. The van der Waals surface area contributed by atoms with Crippen molar-refractivity contribution >= 4 is 55.2 Å². The number of ether oxygens (including phenoxy) is 8. The van der Waals surface area contributed by atoms with E-state index >= 15 is 4.39 Å². The lowest BCUT2D eigenvalue weighted by atomic mass is 10.2. The average molecular weight is 882 g/mol. The SMILES string of the molecule is COc1cc2c(Oc3ccc4[nH]c(C)cc4c3F)ncnc2cc1OCCCl.COc1cc2c(Oc3ccc4[nH]c(C)cc4c3F)ncnc2cc1OCCN1CC2OCOC2C1. The number of rotatable bonds is 13. The third kappa shape index (κ3) is 8.64. The van der Waals surface area contributed by atoms with Gasteiger partial charge in [0.05, 0.1) is 41.9 Å². The van der Waals surface area contributed by atoms with Gasteiger partial charge in [-0.05, 0) is 62.4 Å². The van der Waals surface area contributed by atoms with E-state index in [1.807, 2.05) is 13.8 Å². The van der Waals surface area contributed by atoms with Crippen LogP contribution in [0.5, 0.6) is 46.3 Å². The summed E-state index contributed by atoms with van der Waals surface area (Å²) in [5.74, 6) is 2.12. The van der Waals surface area contributed by atoms with Crippen molar-refractivity contribution in [2.24, 2.45) is 0 Å². The Labute approximate surface area is 364 Å². The van der Waals surface area contributed by atoms with E-state index in [0.29, 0.717) is 92.5 Å². The standard InChI is InChI=1S/C25H25FN4O5.C20H17ClFN3O3/c1-14-7-15-17(29-14)3-4-19(24(15)26)35-25-16-8-20(31-2)21(9-18(16)27-12-28-25)32-6-5-30-10-22-23(11-30)34-13-33-22;1-11-7-12-14(25-11)3-4-16(19(12)22)28-20-13-8-17(26-2)18(27-6-5-21)9-15(13)23-10-24-20/h3-4,7-9,12,22-23,29H,5-6,10-11,13H2,1-2H3;3-4,7-10,25H,5-6H2,1-2H3. The molecule has 4 aromatic heterocycles. The molecule has 2 fully saturated rings. The summed E-state index contributed by atoms with van der Waals surface area (Å²) in [5, 5.41) is 2.08. The fourth-order valence-corrected chi connectivity index (χ4v) is 7.78. The third-order valence-electron chi connectivity index (χ3n) is 10.7. The number of benzene rings is 4. The van der Waals surface area contributed by atoms with Crippen molar-refractivity contribution in [3.8, 4) is 46.3 Å². The van der Waals surface area contributed by atoms with Gasteiger partial charge in [0.1, 0.15) is 44.9 Å². The molecule has 15 nitrogen and oxygen atoms in total. The number of alkyl halides is 1. The average Bonchev–Trinajstić information content (AvgIpc) is 4.09. The first-order chi connectivity index (χ1) is 30.7. The first-order valence-corrected chi connectivity index (χ1v) is 20.6. The molecule has 4 aromatic carbocycles. The molecule has 0 radical (unpaired) electrons. The Morgan fingerprint density at radius 2 is 1.13 bits per heavy atom.